The first-order valence-corrected chi connectivity index (χ1v) is 7.46. The van der Waals surface area contributed by atoms with Crippen molar-refractivity contribution in [3.05, 3.63) is 29.8 Å². The number of ether oxygens (including phenoxy) is 1. The fraction of sp³-hybridized carbons (Fsp3) is 0.562. The summed E-state index contributed by atoms with van der Waals surface area (Å²) < 4.78 is 5.31. The molecule has 0 radical (unpaired) electrons. The zero-order valence-electron chi connectivity index (χ0n) is 12.2. The summed E-state index contributed by atoms with van der Waals surface area (Å²) in [7, 11) is 1.68. The van der Waals surface area contributed by atoms with Gasteiger partial charge in [-0.05, 0) is 30.9 Å². The van der Waals surface area contributed by atoms with Crippen molar-refractivity contribution in [2.75, 3.05) is 26.7 Å². The maximum atomic E-state index is 12.1. The molecule has 0 aromatic heterocycles. The third-order valence-corrected chi connectivity index (χ3v) is 3.76. The second-order valence-corrected chi connectivity index (χ2v) is 5.20. The predicted octanol–water partition coefficient (Wildman–Crippen LogP) is 2.82. The number of carbonyl (C=O) groups is 1. The Hall–Kier alpha value is -1.71. The summed E-state index contributed by atoms with van der Waals surface area (Å²) in [5, 5.41) is 3.01. The Balaban J connectivity index is 1.78. The van der Waals surface area contributed by atoms with Crippen LogP contribution in [-0.4, -0.2) is 37.7 Å². The van der Waals surface area contributed by atoms with Crippen LogP contribution in [0.4, 0.5) is 4.79 Å². The van der Waals surface area contributed by atoms with Gasteiger partial charge in [0.15, 0.2) is 0 Å². The van der Waals surface area contributed by atoms with Crippen molar-refractivity contribution in [3.8, 4) is 5.75 Å². The Labute approximate surface area is 121 Å². The van der Waals surface area contributed by atoms with Gasteiger partial charge in [0.05, 0.1) is 7.11 Å². The van der Waals surface area contributed by atoms with Gasteiger partial charge >= 0.3 is 6.03 Å². The van der Waals surface area contributed by atoms with Gasteiger partial charge in [-0.25, -0.2) is 4.79 Å². The van der Waals surface area contributed by atoms with Crippen molar-refractivity contribution in [2.45, 2.75) is 32.1 Å². The van der Waals surface area contributed by atoms with Crippen LogP contribution in [0.5, 0.6) is 5.75 Å². The monoisotopic (exact) mass is 276 g/mol. The minimum Gasteiger partial charge on any atom is -0.496 e. The van der Waals surface area contributed by atoms with Crippen LogP contribution in [0.15, 0.2) is 24.3 Å². The molecule has 0 unspecified atom stereocenters. The summed E-state index contributed by atoms with van der Waals surface area (Å²) in [5.74, 6) is 0.886. The second kappa shape index (κ2) is 7.78. The van der Waals surface area contributed by atoms with E-state index in [1.165, 1.54) is 12.8 Å². The summed E-state index contributed by atoms with van der Waals surface area (Å²) >= 11 is 0. The Morgan fingerprint density at radius 3 is 2.60 bits per heavy atom. The Morgan fingerprint density at radius 2 is 1.90 bits per heavy atom. The van der Waals surface area contributed by atoms with Gasteiger partial charge in [-0.3, -0.25) is 0 Å². The standard InChI is InChI=1S/C16H24N2O2/c1-20-15-9-5-4-8-14(15)10-11-17-16(19)18-12-6-2-3-7-13-18/h4-5,8-9H,2-3,6-7,10-13H2,1H3,(H,17,19). The SMILES string of the molecule is COc1ccccc1CCNC(=O)N1CCCCCC1. The normalized spacial score (nSPS) is 15.6. The molecule has 4 nitrogen and oxygen atoms in total. The lowest BCUT2D eigenvalue weighted by Gasteiger charge is -2.20. The van der Waals surface area contributed by atoms with Gasteiger partial charge in [-0.1, -0.05) is 31.0 Å². The fourth-order valence-electron chi connectivity index (χ4n) is 2.60. The molecule has 1 aromatic rings. The predicted molar refractivity (Wildman–Crippen MR) is 80.1 cm³/mol. The van der Waals surface area contributed by atoms with Gasteiger partial charge in [0.2, 0.25) is 0 Å². The molecule has 0 spiro atoms. The highest BCUT2D eigenvalue weighted by molar-refractivity contribution is 5.74. The first kappa shape index (κ1) is 14.7. The number of nitrogens with zero attached hydrogens (tertiary/aromatic N) is 1. The van der Waals surface area contributed by atoms with E-state index in [0.29, 0.717) is 6.54 Å². The molecule has 0 atom stereocenters. The zero-order valence-corrected chi connectivity index (χ0v) is 12.2. The minimum atomic E-state index is 0.0711. The van der Waals surface area contributed by atoms with E-state index in [0.717, 1.165) is 43.7 Å². The van der Waals surface area contributed by atoms with Crippen molar-refractivity contribution in [3.63, 3.8) is 0 Å². The fourth-order valence-corrected chi connectivity index (χ4v) is 2.60. The van der Waals surface area contributed by atoms with E-state index in [1.807, 2.05) is 29.2 Å². The average Bonchev–Trinajstić information content (AvgIpc) is 2.77. The number of hydrogen-bond donors (Lipinski definition) is 1. The molecule has 1 aliphatic rings. The summed E-state index contributed by atoms with van der Waals surface area (Å²) in [6, 6.07) is 8.01. The maximum absolute atomic E-state index is 12.1. The first-order valence-electron chi connectivity index (χ1n) is 7.46. The van der Waals surface area contributed by atoms with E-state index in [1.54, 1.807) is 7.11 Å². The van der Waals surface area contributed by atoms with Gasteiger partial charge in [0, 0.05) is 19.6 Å². The second-order valence-electron chi connectivity index (χ2n) is 5.20. The lowest BCUT2D eigenvalue weighted by molar-refractivity contribution is 0.200. The summed E-state index contributed by atoms with van der Waals surface area (Å²) in [6.07, 6.45) is 5.53. The molecule has 110 valence electrons. The quantitative estimate of drug-likeness (QED) is 0.918. The molecule has 1 saturated heterocycles. The van der Waals surface area contributed by atoms with Crippen LogP contribution in [0.1, 0.15) is 31.2 Å². The average molecular weight is 276 g/mol. The molecule has 1 aliphatic heterocycles. The van der Waals surface area contributed by atoms with Crippen LogP contribution in [0.25, 0.3) is 0 Å². The van der Waals surface area contributed by atoms with Gasteiger partial charge in [-0.2, -0.15) is 0 Å². The van der Waals surface area contributed by atoms with Crippen molar-refractivity contribution in [2.24, 2.45) is 0 Å². The summed E-state index contributed by atoms with van der Waals surface area (Å²) in [5.41, 5.74) is 1.13. The van der Waals surface area contributed by atoms with Gasteiger partial charge in [0.25, 0.3) is 0 Å². The third kappa shape index (κ3) is 4.15. The topological polar surface area (TPSA) is 41.6 Å². The molecule has 0 saturated carbocycles. The number of methoxy groups -OCH3 is 1. The highest BCUT2D eigenvalue weighted by Gasteiger charge is 2.14. The van der Waals surface area contributed by atoms with Gasteiger partial charge in [0.1, 0.15) is 5.75 Å². The van der Waals surface area contributed by atoms with Gasteiger partial charge < -0.3 is 15.0 Å². The number of para-hydroxylation sites is 1. The Bertz CT molecular complexity index is 426. The van der Waals surface area contributed by atoms with Crippen LogP contribution >= 0.6 is 0 Å². The van der Waals surface area contributed by atoms with Crippen LogP contribution < -0.4 is 10.1 Å². The molecule has 2 rings (SSSR count). The Morgan fingerprint density at radius 1 is 1.20 bits per heavy atom. The summed E-state index contributed by atoms with van der Waals surface area (Å²) in [4.78, 5) is 14.0. The molecular weight excluding hydrogens is 252 g/mol. The molecule has 1 heterocycles. The number of amides is 2. The zero-order chi connectivity index (χ0) is 14.2. The smallest absolute Gasteiger partial charge is 0.317 e. The van der Waals surface area contributed by atoms with Crippen molar-refractivity contribution in [1.29, 1.82) is 0 Å². The lowest BCUT2D eigenvalue weighted by Crippen LogP contribution is -2.41. The number of likely N-dealkylation sites (tertiary alicyclic amines) is 1. The minimum absolute atomic E-state index is 0.0711. The van der Waals surface area contributed by atoms with Crippen molar-refractivity contribution >= 4 is 6.03 Å². The number of nitrogens with one attached hydrogen (secondary N) is 1. The third-order valence-electron chi connectivity index (χ3n) is 3.76. The molecular formula is C16H24N2O2. The lowest BCUT2D eigenvalue weighted by atomic mass is 10.1. The van der Waals surface area contributed by atoms with Crippen LogP contribution in [0, 0.1) is 0 Å². The molecule has 1 aromatic carbocycles. The highest BCUT2D eigenvalue weighted by atomic mass is 16.5. The first-order chi connectivity index (χ1) is 9.81. The molecule has 0 aliphatic carbocycles. The van der Waals surface area contributed by atoms with E-state index in [9.17, 15) is 4.79 Å². The number of benzene rings is 1. The van der Waals surface area contributed by atoms with Crippen molar-refractivity contribution < 1.29 is 9.53 Å². The highest BCUT2D eigenvalue weighted by Crippen LogP contribution is 2.17. The number of carbonyl (C=O) groups excluding carboxylic acids is 1. The van der Waals surface area contributed by atoms with E-state index in [4.69, 9.17) is 4.74 Å². The largest absolute Gasteiger partial charge is 0.496 e. The molecule has 4 heteroatoms. The van der Waals surface area contributed by atoms with Gasteiger partial charge in [-0.15, -0.1) is 0 Å². The van der Waals surface area contributed by atoms with E-state index >= 15 is 0 Å². The molecule has 20 heavy (non-hydrogen) atoms. The number of hydrogen-bond acceptors (Lipinski definition) is 2. The Kier molecular flexibility index (Phi) is 5.71. The molecule has 1 fully saturated rings. The number of urea groups is 1. The summed E-state index contributed by atoms with van der Waals surface area (Å²) in [6.45, 7) is 2.43. The van der Waals surface area contributed by atoms with Crippen molar-refractivity contribution in [1.82, 2.24) is 10.2 Å². The van der Waals surface area contributed by atoms with E-state index < -0.39 is 0 Å². The molecule has 0 bridgehead atoms. The van der Waals surface area contributed by atoms with E-state index in [2.05, 4.69) is 5.32 Å². The van der Waals surface area contributed by atoms with Crippen LogP contribution in [0.3, 0.4) is 0 Å². The van der Waals surface area contributed by atoms with Crippen LogP contribution in [0.2, 0.25) is 0 Å². The molecule has 1 N–H and O–H groups in total. The number of rotatable bonds is 4. The maximum Gasteiger partial charge on any atom is 0.317 e. The molecule has 2 amide bonds. The van der Waals surface area contributed by atoms with Crippen LogP contribution in [-0.2, 0) is 6.42 Å². The van der Waals surface area contributed by atoms with E-state index in [-0.39, 0.29) is 6.03 Å².